The standard InChI is InChI=1S/C22H25N7O4/c1-22(2,3)16(14-10-7-11-32-14)24-18-17(25-19-20(26-18)28-33-27-19)23-13-9-6-8-12(15(13)30)21(31)29(4)5/h6-11,16,30H,1-5H3,(H,23,25,27)(H,24,26,28)/t16-/m0/s1. The fraction of sp³-hybridized carbons (Fsp3) is 0.318. The summed E-state index contributed by atoms with van der Waals surface area (Å²) in [5.41, 5.74) is 0.582. The summed E-state index contributed by atoms with van der Waals surface area (Å²) < 4.78 is 10.4. The second-order valence-corrected chi connectivity index (χ2v) is 8.82. The van der Waals surface area contributed by atoms with Crippen LogP contribution < -0.4 is 10.6 Å². The molecule has 33 heavy (non-hydrogen) atoms. The van der Waals surface area contributed by atoms with Gasteiger partial charge in [0.05, 0.1) is 23.6 Å². The highest BCUT2D eigenvalue weighted by atomic mass is 16.6. The van der Waals surface area contributed by atoms with Gasteiger partial charge in [0.15, 0.2) is 17.4 Å². The molecule has 0 unspecified atom stereocenters. The molecule has 3 heterocycles. The predicted octanol–water partition coefficient (Wildman–Crippen LogP) is 3.96. The van der Waals surface area contributed by atoms with Crippen molar-refractivity contribution in [1.82, 2.24) is 25.2 Å². The number of rotatable bonds is 6. The van der Waals surface area contributed by atoms with Gasteiger partial charge in [-0.1, -0.05) is 26.8 Å². The molecular formula is C22H25N7O4. The first-order chi connectivity index (χ1) is 15.6. The lowest BCUT2D eigenvalue weighted by atomic mass is 9.85. The van der Waals surface area contributed by atoms with Gasteiger partial charge in [0.2, 0.25) is 11.3 Å². The summed E-state index contributed by atoms with van der Waals surface area (Å²) in [4.78, 5) is 22.8. The summed E-state index contributed by atoms with van der Waals surface area (Å²) >= 11 is 0. The number of para-hydroxylation sites is 1. The van der Waals surface area contributed by atoms with Crippen LogP contribution in [0.1, 0.15) is 42.9 Å². The van der Waals surface area contributed by atoms with E-state index in [-0.39, 0.29) is 51.5 Å². The Morgan fingerprint density at radius 1 is 1.06 bits per heavy atom. The van der Waals surface area contributed by atoms with Crippen LogP contribution in [0.3, 0.4) is 0 Å². The molecule has 4 rings (SSSR count). The average Bonchev–Trinajstić information content (AvgIpc) is 3.43. The molecule has 0 saturated carbocycles. The van der Waals surface area contributed by atoms with Gasteiger partial charge < -0.3 is 25.1 Å². The number of furan rings is 1. The van der Waals surface area contributed by atoms with Crippen LogP contribution in [-0.2, 0) is 0 Å². The smallest absolute Gasteiger partial charge is 0.257 e. The Hall–Kier alpha value is -4.15. The van der Waals surface area contributed by atoms with E-state index in [0.29, 0.717) is 5.82 Å². The molecule has 11 nitrogen and oxygen atoms in total. The van der Waals surface area contributed by atoms with Gasteiger partial charge >= 0.3 is 0 Å². The third-order valence-corrected chi connectivity index (χ3v) is 5.01. The number of nitrogens with one attached hydrogen (secondary N) is 2. The van der Waals surface area contributed by atoms with Crippen LogP contribution in [0.15, 0.2) is 45.6 Å². The van der Waals surface area contributed by atoms with E-state index < -0.39 is 0 Å². The zero-order valence-electron chi connectivity index (χ0n) is 18.9. The van der Waals surface area contributed by atoms with E-state index >= 15 is 0 Å². The summed E-state index contributed by atoms with van der Waals surface area (Å²) in [5.74, 6) is 0.792. The largest absolute Gasteiger partial charge is 0.505 e. The van der Waals surface area contributed by atoms with E-state index in [0.717, 1.165) is 5.76 Å². The topological polar surface area (TPSA) is 142 Å². The highest BCUT2D eigenvalue weighted by Crippen LogP contribution is 2.38. The van der Waals surface area contributed by atoms with E-state index in [2.05, 4.69) is 51.7 Å². The first kappa shape index (κ1) is 22.1. The lowest BCUT2D eigenvalue weighted by Gasteiger charge is -2.30. The molecule has 0 fully saturated rings. The van der Waals surface area contributed by atoms with Crippen LogP contribution in [0.5, 0.6) is 5.75 Å². The van der Waals surface area contributed by atoms with Crippen LogP contribution in [-0.4, -0.2) is 50.3 Å². The minimum absolute atomic E-state index is 0.153. The maximum atomic E-state index is 12.4. The highest BCUT2D eigenvalue weighted by Gasteiger charge is 2.30. The number of hydrogen-bond donors (Lipinski definition) is 3. The fourth-order valence-corrected chi connectivity index (χ4v) is 3.32. The number of hydrogen-bond acceptors (Lipinski definition) is 10. The third-order valence-electron chi connectivity index (χ3n) is 5.01. The summed E-state index contributed by atoms with van der Waals surface area (Å²) in [6.45, 7) is 6.18. The molecule has 0 saturated heterocycles. The van der Waals surface area contributed by atoms with Crippen LogP contribution in [0, 0.1) is 5.41 Å². The van der Waals surface area contributed by atoms with Gasteiger partial charge in [0.1, 0.15) is 5.76 Å². The molecule has 11 heteroatoms. The van der Waals surface area contributed by atoms with Crippen molar-refractivity contribution in [2.75, 3.05) is 24.7 Å². The van der Waals surface area contributed by atoms with E-state index in [1.54, 1.807) is 38.6 Å². The number of phenolic OH excluding ortho intramolecular Hbond substituents is 1. The van der Waals surface area contributed by atoms with Crippen molar-refractivity contribution in [3.63, 3.8) is 0 Å². The second kappa shape index (κ2) is 8.41. The average molecular weight is 451 g/mol. The molecule has 0 aliphatic heterocycles. The number of nitrogens with zero attached hydrogens (tertiary/aromatic N) is 5. The molecule has 0 radical (unpaired) electrons. The number of benzene rings is 1. The minimum Gasteiger partial charge on any atom is -0.505 e. The zero-order valence-corrected chi connectivity index (χ0v) is 18.9. The first-order valence-electron chi connectivity index (χ1n) is 10.3. The quantitative estimate of drug-likeness (QED) is 0.369. The van der Waals surface area contributed by atoms with E-state index in [1.807, 2.05) is 12.1 Å². The Kier molecular flexibility index (Phi) is 5.62. The van der Waals surface area contributed by atoms with E-state index in [9.17, 15) is 9.90 Å². The molecule has 172 valence electrons. The maximum Gasteiger partial charge on any atom is 0.257 e. The highest BCUT2D eigenvalue weighted by molar-refractivity contribution is 5.98. The number of aromatic nitrogens is 4. The number of fused-ring (bicyclic) bond motifs is 1. The molecule has 3 aromatic heterocycles. The molecule has 4 aromatic rings. The molecule has 3 N–H and O–H groups in total. The third kappa shape index (κ3) is 4.43. The van der Waals surface area contributed by atoms with Crippen molar-refractivity contribution >= 4 is 34.5 Å². The minimum atomic E-state index is -0.331. The molecule has 1 amide bonds. The van der Waals surface area contributed by atoms with Crippen molar-refractivity contribution in [2.45, 2.75) is 26.8 Å². The van der Waals surface area contributed by atoms with Crippen molar-refractivity contribution in [3.8, 4) is 5.75 Å². The van der Waals surface area contributed by atoms with Crippen molar-refractivity contribution in [1.29, 1.82) is 0 Å². The van der Waals surface area contributed by atoms with Crippen LogP contribution in [0.25, 0.3) is 11.3 Å². The zero-order chi connectivity index (χ0) is 23.8. The van der Waals surface area contributed by atoms with Gasteiger partial charge in [-0.05, 0) is 40.0 Å². The lowest BCUT2D eigenvalue weighted by molar-refractivity contribution is 0.0824. The molecule has 1 atom stereocenters. The van der Waals surface area contributed by atoms with Crippen molar-refractivity contribution in [2.24, 2.45) is 5.41 Å². The Balaban J connectivity index is 1.77. The molecular weight excluding hydrogens is 426 g/mol. The fourth-order valence-electron chi connectivity index (χ4n) is 3.32. The van der Waals surface area contributed by atoms with Gasteiger partial charge in [-0.25, -0.2) is 14.6 Å². The number of amides is 1. The molecule has 0 spiro atoms. The second-order valence-electron chi connectivity index (χ2n) is 8.82. The number of anilines is 3. The summed E-state index contributed by atoms with van der Waals surface area (Å²) in [6.07, 6.45) is 1.61. The molecule has 0 bridgehead atoms. The summed E-state index contributed by atoms with van der Waals surface area (Å²) in [5, 5.41) is 24.7. The lowest BCUT2D eigenvalue weighted by Crippen LogP contribution is -2.26. The summed E-state index contributed by atoms with van der Waals surface area (Å²) in [6, 6.07) is 8.27. The first-order valence-corrected chi connectivity index (χ1v) is 10.3. The van der Waals surface area contributed by atoms with Gasteiger partial charge in [0, 0.05) is 14.1 Å². The van der Waals surface area contributed by atoms with Gasteiger partial charge in [-0.15, -0.1) is 0 Å². The SMILES string of the molecule is CN(C)C(=O)c1cccc(Nc2nc3nonc3nc2N[C@@H](c2ccco2)C(C)(C)C)c1O. The Labute approximate surface area is 189 Å². The van der Waals surface area contributed by atoms with Crippen LogP contribution in [0.2, 0.25) is 0 Å². The van der Waals surface area contributed by atoms with Crippen molar-refractivity contribution < 1.29 is 18.9 Å². The normalized spacial score (nSPS) is 12.5. The van der Waals surface area contributed by atoms with Crippen LogP contribution in [0.4, 0.5) is 17.3 Å². The monoisotopic (exact) mass is 451 g/mol. The number of carbonyl (C=O) groups is 1. The van der Waals surface area contributed by atoms with Gasteiger partial charge in [0.25, 0.3) is 5.91 Å². The number of phenols is 1. The number of carbonyl (C=O) groups excluding carboxylic acids is 1. The van der Waals surface area contributed by atoms with Gasteiger partial charge in [-0.3, -0.25) is 4.79 Å². The van der Waals surface area contributed by atoms with E-state index in [1.165, 1.54) is 4.90 Å². The Morgan fingerprint density at radius 2 is 1.76 bits per heavy atom. The maximum absolute atomic E-state index is 12.4. The summed E-state index contributed by atoms with van der Waals surface area (Å²) in [7, 11) is 3.23. The number of aromatic hydroxyl groups is 1. The van der Waals surface area contributed by atoms with E-state index in [4.69, 9.17) is 9.05 Å². The predicted molar refractivity (Wildman–Crippen MR) is 121 cm³/mol. The van der Waals surface area contributed by atoms with Gasteiger partial charge in [-0.2, -0.15) is 0 Å². The van der Waals surface area contributed by atoms with Crippen LogP contribution >= 0.6 is 0 Å². The van der Waals surface area contributed by atoms with Crippen molar-refractivity contribution in [3.05, 3.63) is 47.9 Å². The Bertz CT molecular complexity index is 1280. The molecule has 1 aromatic carbocycles. The molecule has 0 aliphatic carbocycles. The molecule has 0 aliphatic rings. The Morgan fingerprint density at radius 3 is 2.36 bits per heavy atom.